The summed E-state index contributed by atoms with van der Waals surface area (Å²) in [6.07, 6.45) is -8.86. The molecule has 0 aliphatic carbocycles. The van der Waals surface area contributed by atoms with Crippen molar-refractivity contribution in [1.29, 1.82) is 0 Å². The average molecular weight is 561 g/mol. The highest BCUT2D eigenvalue weighted by molar-refractivity contribution is 7.89. The van der Waals surface area contributed by atoms with Crippen molar-refractivity contribution in [2.24, 2.45) is 11.8 Å². The first-order valence-corrected chi connectivity index (χ1v) is 13.0. The van der Waals surface area contributed by atoms with Crippen LogP contribution in [0, 0.1) is 11.8 Å². The molecular formula is C27H37N3O7S. The minimum absolute atomic E-state index is 0.0762. The highest BCUT2D eigenvalue weighted by Gasteiger charge is 2.44. The number of hydrogen-bond acceptors (Lipinski definition) is 8. The highest BCUT2D eigenvalue weighted by atomic mass is 32.2. The van der Waals surface area contributed by atoms with Gasteiger partial charge in [-0.05, 0) is 48.6 Å². The van der Waals surface area contributed by atoms with Crippen molar-refractivity contribution < 1.29 is 50.3 Å². The zero-order chi connectivity index (χ0) is 38.6. The van der Waals surface area contributed by atoms with Crippen LogP contribution in [-0.2, 0) is 30.7 Å². The fraction of sp³-hybridized carbons (Fsp3) is 0.519. The zero-order valence-corrected chi connectivity index (χ0v) is 20.9. The topological polar surface area (TPSA) is 140 Å². The van der Waals surface area contributed by atoms with Gasteiger partial charge in [0.15, 0.2) is 6.27 Å². The summed E-state index contributed by atoms with van der Waals surface area (Å²) in [5.74, 6) is -6.37. The van der Waals surface area contributed by atoms with Crippen LogP contribution in [0.3, 0.4) is 0 Å². The lowest BCUT2D eigenvalue weighted by molar-refractivity contribution is -0.0907. The van der Waals surface area contributed by atoms with Crippen molar-refractivity contribution >= 4 is 21.8 Å². The summed E-state index contributed by atoms with van der Waals surface area (Å²) in [5.41, 5.74) is 6.14. The van der Waals surface area contributed by atoms with Gasteiger partial charge >= 0.3 is 6.09 Å². The van der Waals surface area contributed by atoms with Gasteiger partial charge in [0.05, 0.1) is 40.2 Å². The predicted molar refractivity (Wildman–Crippen MR) is 142 cm³/mol. The maximum Gasteiger partial charge on any atom is 0.407 e. The standard InChI is InChI=1S/C27H37N3O7S/c1-18(2)15-30(38(33,34)21-10-8-20(28)9-11-21)16-24(31)23(14-19-6-4-3-5-7-19)29-27(32)37-25-17-36-26-22(25)12-13-35-26/h3-11,18,22-26,31H,12-17,28H2,1-2H3,(H,29,32)/t22-,23-,24+,25-,26+/m0/s1/i1D3,2D3,15D2,17D2,18D,22D,26D. The van der Waals surface area contributed by atoms with Crippen LogP contribution in [0.25, 0.3) is 0 Å². The van der Waals surface area contributed by atoms with Crippen LogP contribution < -0.4 is 11.1 Å². The number of hydrogen-bond donors (Lipinski definition) is 3. The van der Waals surface area contributed by atoms with E-state index < -0.39 is 90.6 Å². The molecule has 0 bridgehead atoms. The Morgan fingerprint density at radius 3 is 2.76 bits per heavy atom. The Morgan fingerprint density at radius 2 is 2.05 bits per heavy atom. The summed E-state index contributed by atoms with van der Waals surface area (Å²) in [5, 5.41) is 13.8. The molecule has 2 aromatic rings. The number of alkyl carbamates (subject to hydrolysis) is 1. The molecule has 4 N–H and O–H groups in total. The van der Waals surface area contributed by atoms with Crippen molar-refractivity contribution in [2.75, 3.05) is 31.9 Å². The monoisotopic (exact) mass is 560 g/mol. The fourth-order valence-electron chi connectivity index (χ4n) is 3.89. The minimum Gasteiger partial charge on any atom is -0.443 e. The predicted octanol–water partition coefficient (Wildman–Crippen LogP) is 2.38. The van der Waals surface area contributed by atoms with Crippen LogP contribution in [-0.4, -0.2) is 74.6 Å². The van der Waals surface area contributed by atoms with Gasteiger partial charge in [-0.25, -0.2) is 13.2 Å². The molecular weight excluding hydrogens is 510 g/mol. The summed E-state index contributed by atoms with van der Waals surface area (Å²) in [6, 6.07) is 10.3. The number of amides is 1. The number of benzene rings is 2. The zero-order valence-electron chi connectivity index (χ0n) is 33.1. The number of rotatable bonds is 11. The Labute approximate surface area is 242 Å². The van der Waals surface area contributed by atoms with Crippen LogP contribution in [0.4, 0.5) is 10.5 Å². The second kappa shape index (κ2) is 12.4. The molecule has 2 heterocycles. The van der Waals surface area contributed by atoms with E-state index in [0.29, 0.717) is 5.56 Å². The number of carbonyl (C=O) groups excluding carboxylic acids is 1. The third-order valence-corrected chi connectivity index (χ3v) is 7.48. The molecule has 2 saturated heterocycles. The lowest BCUT2D eigenvalue weighted by atomic mass is 10.0. The van der Waals surface area contributed by atoms with E-state index in [1.165, 1.54) is 0 Å². The largest absolute Gasteiger partial charge is 0.443 e. The first-order chi connectivity index (χ1) is 23.1. The number of nitrogen functional groups attached to an aromatic ring is 1. The Balaban J connectivity index is 1.77. The summed E-state index contributed by atoms with van der Waals surface area (Å²) >= 11 is 0. The van der Waals surface area contributed by atoms with Gasteiger partial charge in [-0.1, -0.05) is 44.0 Å². The number of fused-ring (bicyclic) bond motifs is 1. The van der Waals surface area contributed by atoms with E-state index in [9.17, 15) is 18.3 Å². The van der Waals surface area contributed by atoms with Gasteiger partial charge in [-0.3, -0.25) is 0 Å². The van der Waals surface area contributed by atoms with Crippen molar-refractivity contribution in [1.82, 2.24) is 9.62 Å². The van der Waals surface area contributed by atoms with Crippen LogP contribution in [0.2, 0.25) is 0 Å². The average Bonchev–Trinajstić information content (AvgIpc) is 3.36. The Morgan fingerprint density at radius 1 is 1.32 bits per heavy atom. The number of ether oxygens (including phenoxy) is 3. The van der Waals surface area contributed by atoms with Crippen LogP contribution in [0.15, 0.2) is 59.5 Å². The molecule has 0 spiro atoms. The molecule has 1 amide bonds. The third-order valence-electron chi connectivity index (χ3n) is 5.79. The second-order valence-corrected chi connectivity index (χ2v) is 10.4. The summed E-state index contributed by atoms with van der Waals surface area (Å²) in [6.45, 7) is -16.6. The molecule has 38 heavy (non-hydrogen) atoms. The van der Waals surface area contributed by atoms with Gasteiger partial charge < -0.3 is 30.4 Å². The van der Waals surface area contributed by atoms with Crippen molar-refractivity contribution in [3.63, 3.8) is 0 Å². The first-order valence-electron chi connectivity index (χ1n) is 18.1. The maximum absolute atomic E-state index is 14.1. The number of nitrogens with two attached hydrogens (primary N) is 1. The molecule has 208 valence electrons. The van der Waals surface area contributed by atoms with Crippen LogP contribution >= 0.6 is 0 Å². The molecule has 11 heteroatoms. The Hall–Kier alpha value is -2.70. The van der Waals surface area contributed by atoms with Gasteiger partial charge in [0, 0.05) is 32.4 Å². The second-order valence-electron chi connectivity index (χ2n) is 8.52. The maximum atomic E-state index is 14.1. The minimum atomic E-state index is -5.31. The van der Waals surface area contributed by atoms with E-state index in [0.717, 1.165) is 24.3 Å². The van der Waals surface area contributed by atoms with Gasteiger partial charge in [-0.15, -0.1) is 0 Å². The van der Waals surface area contributed by atoms with E-state index >= 15 is 0 Å². The normalized spacial score (nSPS) is 34.4. The third kappa shape index (κ3) is 7.03. The summed E-state index contributed by atoms with van der Waals surface area (Å²) < 4.78 is 150. The van der Waals surface area contributed by atoms with Crippen molar-refractivity contribution in [2.45, 2.75) is 56.0 Å². The molecule has 10 nitrogen and oxygen atoms in total. The quantitative estimate of drug-likeness (QED) is 0.356. The smallest absolute Gasteiger partial charge is 0.407 e. The van der Waals surface area contributed by atoms with E-state index in [2.05, 4.69) is 5.32 Å². The molecule has 2 aliphatic heterocycles. The Kier molecular flexibility index (Phi) is 5.17. The summed E-state index contributed by atoms with van der Waals surface area (Å²) in [4.78, 5) is 12.6. The number of aliphatic hydroxyl groups excluding tert-OH is 1. The molecule has 0 unspecified atom stereocenters. The SMILES string of the molecule is [2H]C1([2H])O[C@@]2([2H])OCC[C@@]2([2H])[C@H]1OC(=O)N[C@@H](Cc1ccccc1)[C@H](O)CN(C([2H])([2H])C([2H])(C([2H])([2H])[2H])C([2H])([2H])[2H])S(=O)(=O)c1ccc(N)cc1. The molecule has 2 fully saturated rings. The molecule has 0 aromatic heterocycles. The number of sulfonamides is 1. The first kappa shape index (κ1) is 15.8. The van der Waals surface area contributed by atoms with Crippen molar-refractivity contribution in [3.8, 4) is 0 Å². The van der Waals surface area contributed by atoms with Crippen LogP contribution in [0.1, 0.15) is 43.5 Å². The summed E-state index contributed by atoms with van der Waals surface area (Å²) in [7, 11) is -5.31. The number of nitrogens with one attached hydrogen (secondary N) is 1. The Bertz CT molecular complexity index is 1670. The number of aliphatic hydroxyl groups is 1. The fourth-order valence-corrected chi connectivity index (χ4v) is 5.19. The van der Waals surface area contributed by atoms with E-state index in [1.54, 1.807) is 30.3 Å². The van der Waals surface area contributed by atoms with Gasteiger partial charge in [0.2, 0.25) is 10.0 Å². The number of nitrogens with zero attached hydrogens (tertiary/aromatic N) is 1. The molecule has 2 aromatic carbocycles. The van der Waals surface area contributed by atoms with Gasteiger partial charge in [-0.2, -0.15) is 4.31 Å². The highest BCUT2D eigenvalue weighted by Crippen LogP contribution is 2.33. The molecule has 4 rings (SSSR count). The molecule has 5 atom stereocenters. The van der Waals surface area contributed by atoms with Gasteiger partial charge in [0.1, 0.15) is 6.10 Å². The molecule has 0 radical (unpaired) electrons. The van der Waals surface area contributed by atoms with E-state index in [-0.39, 0.29) is 29.4 Å². The lowest BCUT2D eigenvalue weighted by Crippen LogP contribution is -2.51. The van der Waals surface area contributed by atoms with Crippen molar-refractivity contribution in [3.05, 3.63) is 60.2 Å². The van der Waals surface area contributed by atoms with E-state index in [4.69, 9.17) is 37.8 Å². The van der Waals surface area contributed by atoms with Gasteiger partial charge in [0.25, 0.3) is 0 Å². The number of carbonyl (C=O) groups is 1. The number of anilines is 1. The molecule has 2 aliphatic rings. The molecule has 0 saturated carbocycles. The van der Waals surface area contributed by atoms with E-state index in [1.807, 2.05) is 0 Å². The lowest BCUT2D eigenvalue weighted by Gasteiger charge is -2.31. The van der Waals surface area contributed by atoms with Crippen LogP contribution in [0.5, 0.6) is 0 Å².